The number of hydrogen-bond acceptors (Lipinski definition) is 2. The maximum Gasteiger partial charge on any atom is 0.279 e. The molecule has 0 atom stereocenters. The number of aromatic nitrogens is 2. The molecule has 0 aliphatic rings. The molecule has 0 aliphatic carbocycles. The van der Waals surface area contributed by atoms with Gasteiger partial charge in [0, 0.05) is 17.3 Å². The van der Waals surface area contributed by atoms with Crippen molar-refractivity contribution in [1.29, 1.82) is 0 Å². The molecule has 4 heteroatoms. The minimum atomic E-state index is -0.328. The van der Waals surface area contributed by atoms with E-state index in [1.165, 1.54) is 6.07 Å². The van der Waals surface area contributed by atoms with Gasteiger partial charge in [-0.3, -0.25) is 14.7 Å². The van der Waals surface area contributed by atoms with Gasteiger partial charge in [0.25, 0.3) is 11.5 Å². The fourth-order valence-electron chi connectivity index (χ4n) is 1.60. The third kappa shape index (κ3) is 1.69. The molecule has 2 aromatic rings. The lowest BCUT2D eigenvalue weighted by Gasteiger charge is -2.03. The molecule has 1 aromatic carbocycles. The molecule has 4 nitrogen and oxygen atoms in total. The molecule has 0 fully saturated rings. The molecule has 82 valence electrons. The normalized spacial score (nSPS) is 10.4. The number of nitrogens with zero attached hydrogens (tertiary/aromatic N) is 1. The third-order valence-corrected chi connectivity index (χ3v) is 2.43. The third-order valence-electron chi connectivity index (χ3n) is 2.43. The Kier molecular flexibility index (Phi) is 2.48. The van der Waals surface area contributed by atoms with Crippen LogP contribution in [0.3, 0.4) is 0 Å². The number of benzene rings is 1. The fourth-order valence-corrected chi connectivity index (χ4v) is 1.60. The molecule has 16 heavy (non-hydrogen) atoms. The van der Waals surface area contributed by atoms with Gasteiger partial charge in [-0.15, -0.1) is 0 Å². The SMILES string of the molecule is Cc1cc(=O)n(C(=O)c2ccccc2C)[nH]1. The summed E-state index contributed by atoms with van der Waals surface area (Å²) >= 11 is 0. The highest BCUT2D eigenvalue weighted by atomic mass is 16.2. The van der Waals surface area contributed by atoms with E-state index < -0.39 is 0 Å². The zero-order valence-corrected chi connectivity index (χ0v) is 9.15. The van der Waals surface area contributed by atoms with Crippen molar-refractivity contribution in [2.75, 3.05) is 0 Å². The molecule has 1 N–H and O–H groups in total. The Morgan fingerprint density at radius 2 is 1.94 bits per heavy atom. The summed E-state index contributed by atoms with van der Waals surface area (Å²) in [5.41, 5.74) is 1.73. The lowest BCUT2D eigenvalue weighted by molar-refractivity contribution is 0.0940. The average Bonchev–Trinajstić information content (AvgIpc) is 2.58. The first-order chi connectivity index (χ1) is 7.59. The van der Waals surface area contributed by atoms with E-state index in [0.29, 0.717) is 11.3 Å². The monoisotopic (exact) mass is 216 g/mol. The van der Waals surface area contributed by atoms with E-state index in [0.717, 1.165) is 10.2 Å². The molecule has 0 unspecified atom stereocenters. The van der Waals surface area contributed by atoms with Gasteiger partial charge < -0.3 is 0 Å². The number of aromatic amines is 1. The van der Waals surface area contributed by atoms with Gasteiger partial charge in [0.2, 0.25) is 0 Å². The standard InChI is InChI=1S/C12H12N2O2/c1-8-5-3-4-6-10(8)12(16)14-11(15)7-9(2)13-14/h3-7,13H,1-2H3. The molecule has 0 amide bonds. The summed E-state index contributed by atoms with van der Waals surface area (Å²) in [7, 11) is 0. The summed E-state index contributed by atoms with van der Waals surface area (Å²) in [5.74, 6) is -0.323. The Bertz CT molecular complexity index is 593. The quantitative estimate of drug-likeness (QED) is 0.785. The van der Waals surface area contributed by atoms with E-state index in [1.54, 1.807) is 19.1 Å². The molecule has 0 saturated carbocycles. The maximum absolute atomic E-state index is 12.0. The highest BCUT2D eigenvalue weighted by Gasteiger charge is 2.13. The second kappa shape index (κ2) is 3.81. The number of carbonyl (C=O) groups excluding carboxylic acids is 1. The lowest BCUT2D eigenvalue weighted by Crippen LogP contribution is -2.25. The number of aryl methyl sites for hydroxylation is 2. The van der Waals surface area contributed by atoms with Crippen LogP contribution in [0.1, 0.15) is 21.6 Å². The van der Waals surface area contributed by atoms with Crippen molar-refractivity contribution in [3.05, 3.63) is 57.5 Å². The van der Waals surface area contributed by atoms with Gasteiger partial charge in [0.05, 0.1) is 0 Å². The number of H-pyrrole nitrogens is 1. The van der Waals surface area contributed by atoms with E-state index in [9.17, 15) is 9.59 Å². The molecular formula is C12H12N2O2. The second-order valence-corrected chi connectivity index (χ2v) is 3.73. The predicted molar refractivity (Wildman–Crippen MR) is 60.7 cm³/mol. The Balaban J connectivity index is 2.52. The minimum absolute atomic E-state index is 0.323. The van der Waals surface area contributed by atoms with Crippen molar-refractivity contribution in [2.45, 2.75) is 13.8 Å². The van der Waals surface area contributed by atoms with Gasteiger partial charge in [-0.25, -0.2) is 0 Å². The van der Waals surface area contributed by atoms with Crippen LogP contribution in [-0.4, -0.2) is 15.7 Å². The van der Waals surface area contributed by atoms with Crippen LogP contribution >= 0.6 is 0 Å². The highest BCUT2D eigenvalue weighted by Crippen LogP contribution is 2.07. The van der Waals surface area contributed by atoms with Gasteiger partial charge in [-0.05, 0) is 25.5 Å². The summed E-state index contributed by atoms with van der Waals surface area (Å²) in [6, 6.07) is 8.58. The smallest absolute Gasteiger partial charge is 0.279 e. The fraction of sp³-hybridized carbons (Fsp3) is 0.167. The first-order valence-electron chi connectivity index (χ1n) is 4.98. The molecule has 0 radical (unpaired) electrons. The van der Waals surface area contributed by atoms with Crippen molar-refractivity contribution < 1.29 is 4.79 Å². The Hall–Kier alpha value is -2.10. The van der Waals surface area contributed by atoms with Crippen LogP contribution in [0.5, 0.6) is 0 Å². The van der Waals surface area contributed by atoms with Gasteiger partial charge in [0.15, 0.2) is 0 Å². The summed E-state index contributed by atoms with van der Waals surface area (Å²) in [5, 5.41) is 2.72. The van der Waals surface area contributed by atoms with Crippen molar-refractivity contribution in [1.82, 2.24) is 9.78 Å². The van der Waals surface area contributed by atoms with Crippen LogP contribution in [0.4, 0.5) is 0 Å². The van der Waals surface area contributed by atoms with Gasteiger partial charge >= 0.3 is 0 Å². The van der Waals surface area contributed by atoms with E-state index in [4.69, 9.17) is 0 Å². The molecule has 2 rings (SSSR count). The van der Waals surface area contributed by atoms with Crippen molar-refractivity contribution >= 4 is 5.91 Å². The number of hydrogen-bond donors (Lipinski definition) is 1. The molecule has 0 bridgehead atoms. The number of rotatable bonds is 1. The van der Waals surface area contributed by atoms with Crippen molar-refractivity contribution in [3.8, 4) is 0 Å². The Labute approximate surface area is 92.5 Å². The first-order valence-corrected chi connectivity index (χ1v) is 4.98. The molecule has 0 aliphatic heterocycles. The summed E-state index contributed by atoms with van der Waals surface area (Å²) in [4.78, 5) is 23.5. The summed E-state index contributed by atoms with van der Waals surface area (Å²) in [6.07, 6.45) is 0. The molecular weight excluding hydrogens is 204 g/mol. The Morgan fingerprint density at radius 3 is 2.50 bits per heavy atom. The average molecular weight is 216 g/mol. The van der Waals surface area contributed by atoms with E-state index in [2.05, 4.69) is 5.10 Å². The van der Waals surface area contributed by atoms with Crippen LogP contribution in [-0.2, 0) is 0 Å². The van der Waals surface area contributed by atoms with Gasteiger partial charge in [-0.1, -0.05) is 18.2 Å². The maximum atomic E-state index is 12.0. The van der Waals surface area contributed by atoms with Crippen LogP contribution in [0.15, 0.2) is 35.1 Å². The number of carbonyl (C=O) groups is 1. The Morgan fingerprint density at radius 1 is 1.25 bits per heavy atom. The molecule has 1 heterocycles. The van der Waals surface area contributed by atoms with Crippen molar-refractivity contribution in [3.63, 3.8) is 0 Å². The molecule has 0 saturated heterocycles. The first kappa shape index (κ1) is 10.4. The van der Waals surface area contributed by atoms with Gasteiger partial charge in [-0.2, -0.15) is 4.68 Å². The largest absolute Gasteiger partial charge is 0.293 e. The predicted octanol–water partition coefficient (Wildman–Crippen LogP) is 1.48. The van der Waals surface area contributed by atoms with E-state index in [-0.39, 0.29) is 11.5 Å². The number of nitrogens with one attached hydrogen (secondary N) is 1. The molecule has 0 spiro atoms. The van der Waals surface area contributed by atoms with Crippen LogP contribution in [0.25, 0.3) is 0 Å². The zero-order valence-electron chi connectivity index (χ0n) is 9.15. The van der Waals surface area contributed by atoms with Crippen LogP contribution < -0.4 is 5.56 Å². The minimum Gasteiger partial charge on any atom is -0.293 e. The topological polar surface area (TPSA) is 54.9 Å². The van der Waals surface area contributed by atoms with E-state index in [1.807, 2.05) is 19.1 Å². The van der Waals surface area contributed by atoms with Crippen molar-refractivity contribution in [2.24, 2.45) is 0 Å². The lowest BCUT2D eigenvalue weighted by atomic mass is 10.1. The van der Waals surface area contributed by atoms with Crippen LogP contribution in [0.2, 0.25) is 0 Å². The highest BCUT2D eigenvalue weighted by molar-refractivity contribution is 5.96. The van der Waals surface area contributed by atoms with Gasteiger partial charge in [0.1, 0.15) is 0 Å². The summed E-state index contributed by atoms with van der Waals surface area (Å²) in [6.45, 7) is 3.58. The van der Waals surface area contributed by atoms with E-state index >= 15 is 0 Å². The zero-order chi connectivity index (χ0) is 11.7. The van der Waals surface area contributed by atoms with Crippen LogP contribution in [0, 0.1) is 13.8 Å². The molecule has 1 aromatic heterocycles. The second-order valence-electron chi connectivity index (χ2n) is 3.73. The summed E-state index contributed by atoms with van der Waals surface area (Å²) < 4.78 is 1.03.